The highest BCUT2D eigenvalue weighted by Gasteiger charge is 2.25. The van der Waals surface area contributed by atoms with Crippen LogP contribution in [0.1, 0.15) is 38.8 Å². The molecule has 4 aromatic carbocycles. The Labute approximate surface area is 438 Å². The van der Waals surface area contributed by atoms with E-state index < -0.39 is 92.4 Å². The van der Waals surface area contributed by atoms with Crippen molar-refractivity contribution in [3.63, 3.8) is 0 Å². The summed E-state index contributed by atoms with van der Waals surface area (Å²) in [5, 5.41) is 23.7. The van der Waals surface area contributed by atoms with Gasteiger partial charge in [-0.15, -0.1) is 4.33 Å². The normalized spacial score (nSPS) is 12.4. The van der Waals surface area contributed by atoms with E-state index in [0.717, 1.165) is 36.4 Å². The van der Waals surface area contributed by atoms with E-state index in [1.54, 1.807) is 37.5 Å². The van der Waals surface area contributed by atoms with E-state index in [4.69, 9.17) is 9.59 Å². The summed E-state index contributed by atoms with van der Waals surface area (Å²) in [6.07, 6.45) is 2.70. The van der Waals surface area contributed by atoms with Gasteiger partial charge in [0.15, 0.2) is 0 Å². The van der Waals surface area contributed by atoms with Crippen LogP contribution in [0.3, 0.4) is 0 Å². The predicted molar refractivity (Wildman–Crippen MR) is 274 cm³/mol. The van der Waals surface area contributed by atoms with Gasteiger partial charge in [0, 0.05) is 42.4 Å². The molecule has 6 rings (SSSR count). The van der Waals surface area contributed by atoms with E-state index in [2.05, 4.69) is 56.2 Å². The SMILES string of the molecule is CCN(CC)c1nc(Nc2ccc(/C=C/c3ccc(Nc4nc(Nc5cc(S(=O)(=O)O)ccc5S(=O)(=O)O)nc(N(CC)CC)n4)cc3S(=O)(=O)O)c(SOOO)c2)nc(Nc2cc(S(=O)(=O)O)ccc2S(=O)(=O)O)n1. The van der Waals surface area contributed by atoms with Crippen LogP contribution in [0.5, 0.6) is 0 Å². The standard InChI is InChI=1S/C40H44N12O18S6/c1-5-51(6-2)39-47-35(45-37(49-39)43-29-21-27(72(54,55)56)15-17-32(29)74(60,61)62)41-25-13-11-23(31(19-25)71-70-69-53)9-10-24-12-14-26(20-34(24)76(66,67)68)42-36-46-38(50-40(48-36)52(7-3)8-4)44-30-22-28(73(57,58)59)16-18-33(30)75(63,64)65/h9-22,53H,5-8H2,1-4H3,(H,54,55,56)(H,57,58,59)(H,60,61,62)(H,63,64,65)(H,66,67,68)(H2,41,43,45,47,49)(H2,42,44,46,48,50)/b10-9+. The molecule has 76 heavy (non-hydrogen) atoms. The van der Waals surface area contributed by atoms with Crippen LogP contribution in [0.4, 0.5) is 58.4 Å². The van der Waals surface area contributed by atoms with Crippen LogP contribution < -0.4 is 31.1 Å². The second-order valence-electron chi connectivity index (χ2n) is 15.2. The molecule has 30 nitrogen and oxygen atoms in total. The molecule has 0 bridgehead atoms. The summed E-state index contributed by atoms with van der Waals surface area (Å²) in [5.41, 5.74) is -0.654. The van der Waals surface area contributed by atoms with Crippen molar-refractivity contribution in [3.8, 4) is 0 Å². The van der Waals surface area contributed by atoms with E-state index in [1.165, 1.54) is 42.5 Å². The van der Waals surface area contributed by atoms with Crippen LogP contribution in [-0.4, -0.2) is 126 Å². The number of nitrogens with zero attached hydrogens (tertiary/aromatic N) is 8. The first-order valence-electron chi connectivity index (χ1n) is 21.4. The van der Waals surface area contributed by atoms with Gasteiger partial charge in [-0.25, -0.2) is 5.26 Å². The van der Waals surface area contributed by atoms with Gasteiger partial charge in [0.1, 0.15) is 14.7 Å². The fraction of sp³-hybridized carbons (Fsp3) is 0.200. The van der Waals surface area contributed by atoms with E-state index in [0.29, 0.717) is 49.9 Å². The first kappa shape index (κ1) is 58.5. The molecule has 0 unspecified atom stereocenters. The Morgan fingerprint density at radius 1 is 0.474 bits per heavy atom. The molecule has 10 N–H and O–H groups in total. The van der Waals surface area contributed by atoms with Gasteiger partial charge >= 0.3 is 0 Å². The third-order valence-electron chi connectivity index (χ3n) is 10.3. The van der Waals surface area contributed by atoms with Crippen molar-refractivity contribution in [3.05, 3.63) is 83.9 Å². The van der Waals surface area contributed by atoms with E-state index in [1.807, 2.05) is 0 Å². The van der Waals surface area contributed by atoms with Gasteiger partial charge in [-0.3, -0.25) is 22.8 Å². The maximum Gasteiger partial charge on any atom is 0.296 e. The lowest BCUT2D eigenvalue weighted by atomic mass is 10.1. The second-order valence-corrected chi connectivity index (χ2v) is 22.9. The Bertz CT molecular complexity index is 3780. The maximum absolute atomic E-state index is 12.9. The van der Waals surface area contributed by atoms with Gasteiger partial charge in [-0.1, -0.05) is 29.3 Å². The maximum atomic E-state index is 12.9. The zero-order chi connectivity index (χ0) is 56.0. The van der Waals surface area contributed by atoms with Crippen molar-refractivity contribution in [1.29, 1.82) is 0 Å². The average Bonchev–Trinajstić information content (AvgIpc) is 3.33. The summed E-state index contributed by atoms with van der Waals surface area (Å²) < 4.78 is 176. The molecule has 0 amide bonds. The molecule has 0 saturated carbocycles. The Morgan fingerprint density at radius 3 is 1.24 bits per heavy atom. The third-order valence-corrected chi connectivity index (χ3v) is 15.4. The monoisotopic (exact) mass is 1170 g/mol. The molecule has 6 aromatic rings. The highest BCUT2D eigenvalue weighted by atomic mass is 32.2. The van der Waals surface area contributed by atoms with Gasteiger partial charge < -0.3 is 31.1 Å². The van der Waals surface area contributed by atoms with Gasteiger partial charge in [0.25, 0.3) is 50.6 Å². The molecule has 36 heteroatoms. The van der Waals surface area contributed by atoms with Gasteiger partial charge in [-0.2, -0.15) is 72.0 Å². The van der Waals surface area contributed by atoms with Crippen LogP contribution in [0, 0.1) is 0 Å². The summed E-state index contributed by atoms with van der Waals surface area (Å²) in [6.45, 7) is 8.51. The van der Waals surface area contributed by atoms with E-state index in [9.17, 15) is 64.9 Å². The lowest BCUT2D eigenvalue weighted by Crippen LogP contribution is -2.25. The van der Waals surface area contributed by atoms with Gasteiger partial charge in [0.2, 0.25) is 35.7 Å². The second kappa shape index (κ2) is 23.6. The smallest absolute Gasteiger partial charge is 0.296 e. The first-order chi connectivity index (χ1) is 35.5. The zero-order valence-electron chi connectivity index (χ0n) is 39.5. The van der Waals surface area contributed by atoms with Crippen molar-refractivity contribution < 1.29 is 79.5 Å². The summed E-state index contributed by atoms with van der Waals surface area (Å²) in [7, 11) is -24.7. The molecule has 0 aliphatic carbocycles. The van der Waals surface area contributed by atoms with Crippen LogP contribution in [0.2, 0.25) is 0 Å². The molecule has 0 atom stereocenters. The minimum atomic E-state index is -5.00. The largest absolute Gasteiger partial charge is 0.341 e. The summed E-state index contributed by atoms with van der Waals surface area (Å²) in [6, 6.07) is 12.5. The number of aromatic nitrogens is 6. The van der Waals surface area contributed by atoms with Crippen LogP contribution in [-0.2, 0) is 60.0 Å². The van der Waals surface area contributed by atoms with Gasteiger partial charge in [0.05, 0.1) is 33.2 Å². The molecule has 0 aliphatic heterocycles. The Balaban J connectivity index is 1.34. The minimum Gasteiger partial charge on any atom is -0.341 e. The predicted octanol–water partition coefficient (Wildman–Crippen LogP) is 5.56. The van der Waals surface area contributed by atoms with Crippen LogP contribution in [0.25, 0.3) is 12.2 Å². The number of benzene rings is 4. The Morgan fingerprint density at radius 2 is 0.855 bits per heavy atom. The number of anilines is 10. The molecular weight excluding hydrogens is 1130 g/mol. The van der Waals surface area contributed by atoms with Crippen LogP contribution >= 0.6 is 12.0 Å². The molecule has 0 spiro atoms. The van der Waals surface area contributed by atoms with Crippen molar-refractivity contribution in [2.75, 3.05) is 57.2 Å². The van der Waals surface area contributed by atoms with Crippen LogP contribution in [0.15, 0.2) is 102 Å². The van der Waals surface area contributed by atoms with Crippen molar-refractivity contribution >= 4 is 133 Å². The molecule has 0 aliphatic rings. The number of nitrogens with one attached hydrogen (secondary N) is 4. The zero-order valence-corrected chi connectivity index (χ0v) is 44.4. The summed E-state index contributed by atoms with van der Waals surface area (Å²) in [5.74, 6) is -1.18. The fourth-order valence-electron chi connectivity index (χ4n) is 6.76. The Hall–Kier alpha value is -6.78. The molecule has 408 valence electrons. The van der Waals surface area contributed by atoms with Gasteiger partial charge in [-0.05, 0) is 99.5 Å². The summed E-state index contributed by atoms with van der Waals surface area (Å²) in [4.78, 5) is 25.7. The summed E-state index contributed by atoms with van der Waals surface area (Å²) >= 11 is 0.486. The third kappa shape index (κ3) is 15.0. The molecule has 0 fully saturated rings. The fourth-order valence-corrected chi connectivity index (χ4v) is 10.2. The van der Waals surface area contributed by atoms with Crippen molar-refractivity contribution in [2.24, 2.45) is 0 Å². The highest BCUT2D eigenvalue weighted by molar-refractivity contribution is 7.94. The Kier molecular flexibility index (Phi) is 18.2. The quantitative estimate of drug-likeness (QED) is 0.0117. The number of hydrogen-bond donors (Lipinski definition) is 10. The highest BCUT2D eigenvalue weighted by Crippen LogP contribution is 2.34. The van der Waals surface area contributed by atoms with E-state index in [-0.39, 0.29) is 51.6 Å². The molecular formula is C40H44N12O18S6. The average molecular weight is 1170 g/mol. The number of hydrogen-bond acceptors (Lipinski definition) is 26. The topological polar surface area (TPSA) is 442 Å². The minimum absolute atomic E-state index is 0.0112. The van der Waals surface area contributed by atoms with Crippen molar-refractivity contribution in [1.82, 2.24) is 29.9 Å². The van der Waals surface area contributed by atoms with E-state index >= 15 is 0 Å². The lowest BCUT2D eigenvalue weighted by molar-refractivity contribution is -0.432. The molecule has 0 saturated heterocycles. The molecule has 0 radical (unpaired) electrons. The lowest BCUT2D eigenvalue weighted by Gasteiger charge is -2.20. The number of rotatable bonds is 24. The first-order valence-corrected chi connectivity index (χ1v) is 29.3. The van der Waals surface area contributed by atoms with Crippen molar-refractivity contribution in [2.45, 2.75) is 57.1 Å². The molecule has 2 heterocycles. The molecule has 2 aromatic heterocycles.